The zero-order valence-electron chi connectivity index (χ0n) is 11.1. The molecule has 3 rings (SSSR count). The Balaban J connectivity index is 1.73. The Hall–Kier alpha value is -1.59. The van der Waals surface area contributed by atoms with Crippen LogP contribution in [0.15, 0.2) is 18.2 Å². The second-order valence-corrected chi connectivity index (χ2v) is 5.21. The SMILES string of the molecule is CN1CCNCC1Cc1ccc2c(c1)OCC(=O)N2. The fraction of sp³-hybridized carbons (Fsp3) is 0.500. The van der Waals surface area contributed by atoms with Gasteiger partial charge in [0.2, 0.25) is 0 Å². The molecule has 0 aliphatic carbocycles. The summed E-state index contributed by atoms with van der Waals surface area (Å²) in [6.45, 7) is 3.28. The van der Waals surface area contributed by atoms with Crippen LogP contribution >= 0.6 is 0 Å². The third kappa shape index (κ3) is 2.72. The second kappa shape index (κ2) is 5.19. The van der Waals surface area contributed by atoms with E-state index in [1.807, 2.05) is 12.1 Å². The van der Waals surface area contributed by atoms with Gasteiger partial charge in [-0.05, 0) is 31.2 Å². The summed E-state index contributed by atoms with van der Waals surface area (Å²) in [6.07, 6.45) is 0.994. The number of hydrogen-bond acceptors (Lipinski definition) is 4. The number of amides is 1. The van der Waals surface area contributed by atoms with Gasteiger partial charge in [-0.2, -0.15) is 0 Å². The van der Waals surface area contributed by atoms with E-state index in [-0.39, 0.29) is 12.5 Å². The van der Waals surface area contributed by atoms with Gasteiger partial charge in [-0.1, -0.05) is 6.07 Å². The first-order chi connectivity index (χ1) is 9.22. The van der Waals surface area contributed by atoms with Gasteiger partial charge in [0.1, 0.15) is 5.75 Å². The predicted octanol–water partition coefficient (Wildman–Crippen LogP) is 0.464. The number of fused-ring (bicyclic) bond motifs is 1. The van der Waals surface area contributed by atoms with E-state index in [0.29, 0.717) is 6.04 Å². The molecule has 102 valence electrons. The van der Waals surface area contributed by atoms with E-state index in [1.54, 1.807) is 0 Å². The first-order valence-corrected chi connectivity index (χ1v) is 6.69. The number of carbonyl (C=O) groups excluding carboxylic acids is 1. The Labute approximate surface area is 112 Å². The quantitative estimate of drug-likeness (QED) is 0.812. The molecule has 19 heavy (non-hydrogen) atoms. The van der Waals surface area contributed by atoms with Crippen molar-refractivity contribution in [2.45, 2.75) is 12.5 Å². The van der Waals surface area contributed by atoms with Crippen LogP contribution in [0.2, 0.25) is 0 Å². The zero-order chi connectivity index (χ0) is 13.2. The Morgan fingerprint density at radius 1 is 1.47 bits per heavy atom. The highest BCUT2D eigenvalue weighted by Crippen LogP contribution is 2.29. The third-order valence-electron chi connectivity index (χ3n) is 3.79. The van der Waals surface area contributed by atoms with Gasteiger partial charge < -0.3 is 20.3 Å². The molecule has 1 unspecified atom stereocenters. The van der Waals surface area contributed by atoms with Crippen molar-refractivity contribution >= 4 is 11.6 Å². The van der Waals surface area contributed by atoms with Crippen LogP contribution in [-0.4, -0.2) is 50.1 Å². The minimum atomic E-state index is -0.0866. The van der Waals surface area contributed by atoms with E-state index in [1.165, 1.54) is 5.56 Å². The summed E-state index contributed by atoms with van der Waals surface area (Å²) in [5.41, 5.74) is 2.02. The van der Waals surface area contributed by atoms with Crippen molar-refractivity contribution in [1.82, 2.24) is 10.2 Å². The summed E-state index contributed by atoms with van der Waals surface area (Å²) in [5.74, 6) is 0.694. The van der Waals surface area contributed by atoms with Crippen molar-refractivity contribution in [3.05, 3.63) is 23.8 Å². The number of rotatable bonds is 2. The lowest BCUT2D eigenvalue weighted by atomic mass is 10.0. The van der Waals surface area contributed by atoms with E-state index in [9.17, 15) is 4.79 Å². The highest BCUT2D eigenvalue weighted by molar-refractivity contribution is 5.95. The number of hydrogen-bond donors (Lipinski definition) is 2. The van der Waals surface area contributed by atoms with Gasteiger partial charge in [0.05, 0.1) is 5.69 Å². The molecule has 1 amide bonds. The Kier molecular flexibility index (Phi) is 3.40. The van der Waals surface area contributed by atoms with Crippen molar-refractivity contribution in [2.24, 2.45) is 0 Å². The van der Waals surface area contributed by atoms with Crippen LogP contribution < -0.4 is 15.4 Å². The smallest absolute Gasteiger partial charge is 0.262 e. The normalized spacial score (nSPS) is 23.4. The van der Waals surface area contributed by atoms with Crippen LogP contribution in [0.5, 0.6) is 5.75 Å². The van der Waals surface area contributed by atoms with Crippen molar-refractivity contribution < 1.29 is 9.53 Å². The molecule has 5 heteroatoms. The van der Waals surface area contributed by atoms with Gasteiger partial charge in [-0.3, -0.25) is 4.79 Å². The molecule has 2 N–H and O–H groups in total. The molecule has 1 fully saturated rings. The lowest BCUT2D eigenvalue weighted by Gasteiger charge is -2.33. The second-order valence-electron chi connectivity index (χ2n) is 5.21. The van der Waals surface area contributed by atoms with Gasteiger partial charge in [-0.15, -0.1) is 0 Å². The molecule has 0 radical (unpaired) electrons. The standard InChI is InChI=1S/C14H19N3O2/c1-17-5-4-15-8-11(17)6-10-2-3-12-13(7-10)19-9-14(18)16-12/h2-3,7,11,15H,4-6,8-9H2,1H3,(H,16,18). The van der Waals surface area contributed by atoms with Crippen LogP contribution in [0.3, 0.4) is 0 Å². The summed E-state index contributed by atoms with van der Waals surface area (Å²) in [5, 5.41) is 6.24. The van der Waals surface area contributed by atoms with Crippen LogP contribution in [0.25, 0.3) is 0 Å². The maximum atomic E-state index is 11.2. The minimum Gasteiger partial charge on any atom is -0.482 e. The number of anilines is 1. The molecule has 0 bridgehead atoms. The molecule has 5 nitrogen and oxygen atoms in total. The third-order valence-corrected chi connectivity index (χ3v) is 3.79. The highest BCUT2D eigenvalue weighted by atomic mass is 16.5. The molecule has 2 aliphatic heterocycles. The van der Waals surface area contributed by atoms with Crippen LogP contribution in [0.1, 0.15) is 5.56 Å². The molecular weight excluding hydrogens is 242 g/mol. The molecule has 1 atom stereocenters. The number of carbonyl (C=O) groups is 1. The fourth-order valence-corrected chi connectivity index (χ4v) is 2.61. The lowest BCUT2D eigenvalue weighted by Crippen LogP contribution is -2.50. The molecule has 2 heterocycles. The average molecular weight is 261 g/mol. The molecule has 1 saturated heterocycles. The van der Waals surface area contributed by atoms with E-state index in [0.717, 1.165) is 37.5 Å². The Bertz CT molecular complexity index is 490. The molecule has 0 spiro atoms. The highest BCUT2D eigenvalue weighted by Gasteiger charge is 2.20. The summed E-state index contributed by atoms with van der Waals surface area (Å²) < 4.78 is 5.45. The van der Waals surface area contributed by atoms with Crippen LogP contribution in [0.4, 0.5) is 5.69 Å². The van der Waals surface area contributed by atoms with E-state index < -0.39 is 0 Å². The lowest BCUT2D eigenvalue weighted by molar-refractivity contribution is -0.118. The van der Waals surface area contributed by atoms with Gasteiger partial charge in [0, 0.05) is 25.7 Å². The van der Waals surface area contributed by atoms with E-state index in [4.69, 9.17) is 4.74 Å². The maximum absolute atomic E-state index is 11.2. The summed E-state index contributed by atoms with van der Waals surface area (Å²) in [6, 6.07) is 6.55. The topological polar surface area (TPSA) is 53.6 Å². The van der Waals surface area contributed by atoms with Gasteiger partial charge in [-0.25, -0.2) is 0 Å². The van der Waals surface area contributed by atoms with Crippen molar-refractivity contribution in [1.29, 1.82) is 0 Å². The number of benzene rings is 1. The van der Waals surface area contributed by atoms with Crippen molar-refractivity contribution in [2.75, 3.05) is 38.6 Å². The van der Waals surface area contributed by atoms with Gasteiger partial charge >= 0.3 is 0 Å². The molecule has 0 saturated carbocycles. The predicted molar refractivity (Wildman–Crippen MR) is 73.6 cm³/mol. The zero-order valence-corrected chi connectivity index (χ0v) is 11.1. The Morgan fingerprint density at radius 2 is 2.37 bits per heavy atom. The maximum Gasteiger partial charge on any atom is 0.262 e. The largest absolute Gasteiger partial charge is 0.482 e. The van der Waals surface area contributed by atoms with Gasteiger partial charge in [0.25, 0.3) is 5.91 Å². The molecular formula is C14H19N3O2. The van der Waals surface area contributed by atoms with E-state index >= 15 is 0 Å². The molecule has 1 aromatic carbocycles. The van der Waals surface area contributed by atoms with Crippen molar-refractivity contribution in [3.8, 4) is 5.75 Å². The number of likely N-dealkylation sites (N-methyl/N-ethyl adjacent to an activating group) is 1. The first-order valence-electron chi connectivity index (χ1n) is 6.69. The fourth-order valence-electron chi connectivity index (χ4n) is 2.61. The first kappa shape index (κ1) is 12.4. The summed E-state index contributed by atoms with van der Waals surface area (Å²) in [7, 11) is 2.17. The summed E-state index contributed by atoms with van der Waals surface area (Å²) in [4.78, 5) is 13.6. The minimum absolute atomic E-state index is 0.0866. The van der Waals surface area contributed by atoms with Crippen LogP contribution in [-0.2, 0) is 11.2 Å². The molecule has 2 aliphatic rings. The number of ether oxygens (including phenoxy) is 1. The van der Waals surface area contributed by atoms with Gasteiger partial charge in [0.15, 0.2) is 6.61 Å². The number of nitrogens with zero attached hydrogens (tertiary/aromatic N) is 1. The average Bonchev–Trinajstić information content (AvgIpc) is 2.41. The van der Waals surface area contributed by atoms with E-state index in [2.05, 4.69) is 28.6 Å². The summed E-state index contributed by atoms with van der Waals surface area (Å²) >= 11 is 0. The molecule has 1 aromatic rings. The molecule has 0 aromatic heterocycles. The van der Waals surface area contributed by atoms with Crippen molar-refractivity contribution in [3.63, 3.8) is 0 Å². The Morgan fingerprint density at radius 3 is 3.21 bits per heavy atom. The monoisotopic (exact) mass is 261 g/mol. The number of nitrogens with one attached hydrogen (secondary N) is 2. The number of piperazine rings is 1. The van der Waals surface area contributed by atoms with Crippen LogP contribution in [0, 0.1) is 0 Å².